The highest BCUT2D eigenvalue weighted by molar-refractivity contribution is 7.99. The molecule has 0 bridgehead atoms. The average molecular weight is 558 g/mol. The van der Waals surface area contributed by atoms with E-state index in [1.54, 1.807) is 38.1 Å². The van der Waals surface area contributed by atoms with Crippen LogP contribution in [0.3, 0.4) is 0 Å². The number of amides is 3. The summed E-state index contributed by atoms with van der Waals surface area (Å²) in [5.41, 5.74) is 1.54. The second-order valence-electron chi connectivity index (χ2n) is 9.67. The first-order chi connectivity index (χ1) is 18.6. The van der Waals surface area contributed by atoms with Crippen LogP contribution >= 0.6 is 11.8 Å². The van der Waals surface area contributed by atoms with E-state index >= 15 is 0 Å². The highest BCUT2D eigenvalue weighted by Crippen LogP contribution is 2.42. The Morgan fingerprint density at radius 3 is 2.21 bits per heavy atom. The van der Waals surface area contributed by atoms with Crippen LogP contribution in [0.4, 0.5) is 0 Å². The number of nitrogens with zero attached hydrogens (tertiary/aromatic N) is 1. The zero-order chi connectivity index (χ0) is 28.5. The van der Waals surface area contributed by atoms with Crippen molar-refractivity contribution in [2.24, 2.45) is 5.92 Å². The van der Waals surface area contributed by atoms with Crippen molar-refractivity contribution in [3.05, 3.63) is 71.8 Å². The number of methoxy groups -OCH3 is 1. The molecule has 2 unspecified atom stereocenters. The Balaban J connectivity index is 1.92. The van der Waals surface area contributed by atoms with Crippen molar-refractivity contribution in [2.45, 2.75) is 49.9 Å². The van der Waals surface area contributed by atoms with E-state index in [-0.39, 0.29) is 24.7 Å². The maximum atomic E-state index is 14.0. The van der Waals surface area contributed by atoms with Crippen molar-refractivity contribution in [3.8, 4) is 0 Å². The molecule has 0 saturated carbocycles. The number of nitrogens with one attached hydrogen (secondary N) is 2. The monoisotopic (exact) mass is 557 g/mol. The number of aliphatic hydroxyl groups is 1. The molecule has 1 aliphatic heterocycles. The molecule has 2 aromatic rings. The van der Waals surface area contributed by atoms with Gasteiger partial charge in [0.1, 0.15) is 24.1 Å². The smallest absolute Gasteiger partial charge is 0.334 e. The van der Waals surface area contributed by atoms with Crippen LogP contribution in [-0.2, 0) is 30.3 Å². The summed E-state index contributed by atoms with van der Waals surface area (Å²) in [6, 6.07) is 15.2. The van der Waals surface area contributed by atoms with Gasteiger partial charge >= 0.3 is 5.97 Å². The van der Waals surface area contributed by atoms with Crippen molar-refractivity contribution in [3.63, 3.8) is 0 Å². The molecular formula is C28H35N3O7S. The molecule has 11 heteroatoms. The largest absolute Gasteiger partial charge is 0.479 e. The van der Waals surface area contributed by atoms with E-state index in [1.807, 2.05) is 36.4 Å². The van der Waals surface area contributed by atoms with Gasteiger partial charge in [0, 0.05) is 12.9 Å². The topological polar surface area (TPSA) is 145 Å². The zero-order valence-corrected chi connectivity index (χ0v) is 23.0. The van der Waals surface area contributed by atoms with Crippen molar-refractivity contribution in [2.75, 3.05) is 19.5 Å². The number of carboxylic acids is 1. The molecule has 1 saturated heterocycles. The number of benzene rings is 2. The summed E-state index contributed by atoms with van der Waals surface area (Å²) in [7, 11) is 1.38. The minimum atomic E-state index is -1.85. The van der Waals surface area contributed by atoms with Gasteiger partial charge < -0.3 is 30.5 Å². The second kappa shape index (κ2) is 14.1. The van der Waals surface area contributed by atoms with Gasteiger partial charge in [0.15, 0.2) is 6.10 Å². The Kier molecular flexibility index (Phi) is 10.9. The van der Waals surface area contributed by atoms with Gasteiger partial charge in [-0.2, -0.15) is 0 Å². The van der Waals surface area contributed by atoms with Crippen LogP contribution in [0.2, 0.25) is 0 Å². The average Bonchev–Trinajstić information content (AvgIpc) is 3.37. The molecule has 5 atom stereocenters. The van der Waals surface area contributed by atoms with Crippen molar-refractivity contribution < 1.29 is 34.1 Å². The van der Waals surface area contributed by atoms with Crippen LogP contribution in [0.15, 0.2) is 60.7 Å². The van der Waals surface area contributed by atoms with E-state index in [9.17, 15) is 29.4 Å². The molecule has 1 heterocycles. The third kappa shape index (κ3) is 7.81. The minimum Gasteiger partial charge on any atom is -0.479 e. The normalized spacial score (nSPS) is 19.3. The molecule has 0 radical (unpaired) electrons. The van der Waals surface area contributed by atoms with Gasteiger partial charge in [-0.1, -0.05) is 74.5 Å². The number of aliphatic carboxylic acids is 1. The highest BCUT2D eigenvalue weighted by atomic mass is 32.2. The van der Waals surface area contributed by atoms with E-state index in [0.29, 0.717) is 0 Å². The van der Waals surface area contributed by atoms with Gasteiger partial charge in [0.05, 0.1) is 6.04 Å². The van der Waals surface area contributed by atoms with Crippen LogP contribution in [0.1, 0.15) is 30.3 Å². The summed E-state index contributed by atoms with van der Waals surface area (Å²) in [6.07, 6.45) is -1.77. The van der Waals surface area contributed by atoms with Crippen LogP contribution in [0, 0.1) is 5.92 Å². The van der Waals surface area contributed by atoms with Gasteiger partial charge in [0.2, 0.25) is 17.7 Å². The lowest BCUT2D eigenvalue weighted by molar-refractivity contribution is -0.149. The zero-order valence-electron chi connectivity index (χ0n) is 22.2. The Morgan fingerprint density at radius 1 is 1.03 bits per heavy atom. The van der Waals surface area contributed by atoms with Gasteiger partial charge in [-0.15, -0.1) is 11.8 Å². The molecule has 210 valence electrons. The second-order valence-corrected chi connectivity index (χ2v) is 10.8. The van der Waals surface area contributed by atoms with E-state index in [0.717, 1.165) is 11.1 Å². The van der Waals surface area contributed by atoms with Gasteiger partial charge in [0.25, 0.3) is 0 Å². The number of hydrogen-bond acceptors (Lipinski definition) is 7. The molecule has 3 rings (SSSR count). The third-order valence-corrected chi connectivity index (χ3v) is 7.75. The van der Waals surface area contributed by atoms with Gasteiger partial charge in [-0.25, -0.2) is 4.79 Å². The molecule has 1 aliphatic rings. The van der Waals surface area contributed by atoms with Crippen LogP contribution in [-0.4, -0.2) is 82.5 Å². The fraction of sp³-hybridized carbons (Fsp3) is 0.429. The van der Waals surface area contributed by atoms with Crippen molar-refractivity contribution >= 4 is 35.5 Å². The molecule has 0 aromatic heterocycles. The molecule has 4 N–H and O–H groups in total. The van der Waals surface area contributed by atoms with E-state index < -0.39 is 53.3 Å². The first-order valence-electron chi connectivity index (χ1n) is 12.7. The molecule has 39 heavy (non-hydrogen) atoms. The lowest BCUT2D eigenvalue weighted by Crippen LogP contribution is -2.58. The number of hydrogen-bond donors (Lipinski definition) is 4. The van der Waals surface area contributed by atoms with E-state index in [2.05, 4.69) is 10.6 Å². The number of ether oxygens (including phenoxy) is 1. The van der Waals surface area contributed by atoms with Crippen LogP contribution in [0.5, 0.6) is 0 Å². The fourth-order valence-electron chi connectivity index (χ4n) is 4.43. The Labute approximate surface area is 232 Å². The predicted molar refractivity (Wildman–Crippen MR) is 147 cm³/mol. The SMILES string of the molecule is COCC(=O)N[C@H](C(=O)N1C(c2ccccc2)SC[C@H]1C(=O)N[C@@H](Cc1ccccc1)C(O)C(=O)O)C(C)C. The molecule has 3 amide bonds. The number of carbonyl (C=O) groups is 4. The predicted octanol–water partition coefficient (Wildman–Crippen LogP) is 1.59. The summed E-state index contributed by atoms with van der Waals surface area (Å²) in [4.78, 5) is 53.1. The summed E-state index contributed by atoms with van der Waals surface area (Å²) < 4.78 is 4.90. The highest BCUT2D eigenvalue weighted by Gasteiger charge is 2.46. The number of rotatable bonds is 12. The third-order valence-electron chi connectivity index (χ3n) is 6.43. The standard InChI is InChI=1S/C28H35N3O7S/c1-17(2)23(30-22(32)15-38-3)26(35)31-21(16-39-27(31)19-12-8-5-9-13-19)25(34)29-20(24(33)28(36)37)14-18-10-6-4-7-11-18/h4-13,17,20-21,23-24,27,33H,14-16H2,1-3H3,(H,29,34)(H,30,32)(H,36,37)/t20-,21-,23-,24?,27?/m0/s1. The number of carbonyl (C=O) groups excluding carboxylic acids is 3. The van der Waals surface area contributed by atoms with Gasteiger partial charge in [-0.3, -0.25) is 14.4 Å². The van der Waals surface area contributed by atoms with Crippen LogP contribution < -0.4 is 10.6 Å². The van der Waals surface area contributed by atoms with Crippen LogP contribution in [0.25, 0.3) is 0 Å². The molecule has 10 nitrogen and oxygen atoms in total. The molecule has 0 aliphatic carbocycles. The first kappa shape index (κ1) is 30.1. The minimum absolute atomic E-state index is 0.0810. The fourth-order valence-corrected chi connectivity index (χ4v) is 5.87. The summed E-state index contributed by atoms with van der Waals surface area (Å²) >= 11 is 1.40. The number of aliphatic hydroxyl groups excluding tert-OH is 1. The lowest BCUT2D eigenvalue weighted by Gasteiger charge is -2.34. The Bertz CT molecular complexity index is 1130. The van der Waals surface area contributed by atoms with Crippen molar-refractivity contribution in [1.29, 1.82) is 0 Å². The molecule has 2 aromatic carbocycles. The number of carboxylic acid groups (broad SMARTS) is 1. The Morgan fingerprint density at radius 2 is 1.64 bits per heavy atom. The number of thioether (sulfide) groups is 1. The lowest BCUT2D eigenvalue weighted by atomic mass is 9.99. The molecule has 0 spiro atoms. The van der Waals surface area contributed by atoms with E-state index in [4.69, 9.17) is 4.74 Å². The maximum Gasteiger partial charge on any atom is 0.334 e. The van der Waals surface area contributed by atoms with Gasteiger partial charge in [-0.05, 0) is 23.5 Å². The quantitative estimate of drug-likeness (QED) is 0.308. The molecule has 1 fully saturated rings. The first-order valence-corrected chi connectivity index (χ1v) is 13.7. The van der Waals surface area contributed by atoms with Crippen molar-refractivity contribution in [1.82, 2.24) is 15.5 Å². The molecular weight excluding hydrogens is 522 g/mol. The summed E-state index contributed by atoms with van der Waals surface area (Å²) in [5, 5.41) is 24.8. The maximum absolute atomic E-state index is 14.0. The summed E-state index contributed by atoms with van der Waals surface area (Å²) in [5.74, 6) is -2.99. The summed E-state index contributed by atoms with van der Waals surface area (Å²) in [6.45, 7) is 3.38. The Hall–Kier alpha value is -3.41. The van der Waals surface area contributed by atoms with E-state index in [1.165, 1.54) is 23.8 Å².